The van der Waals surface area contributed by atoms with Gasteiger partial charge in [-0.3, -0.25) is 9.59 Å². The van der Waals surface area contributed by atoms with Crippen molar-refractivity contribution in [2.75, 3.05) is 30.6 Å². The van der Waals surface area contributed by atoms with Crippen LogP contribution in [0.3, 0.4) is 0 Å². The topological polar surface area (TPSA) is 128 Å². The number of hydrogen-bond donors (Lipinski definition) is 2. The first-order chi connectivity index (χ1) is 16.6. The third-order valence-electron chi connectivity index (χ3n) is 4.98. The number of nitrogens with one attached hydrogen (secondary N) is 2. The summed E-state index contributed by atoms with van der Waals surface area (Å²) >= 11 is 0. The molecular formula is C25H24N2O7S. The van der Waals surface area contributed by atoms with Gasteiger partial charge in [-0.05, 0) is 61.0 Å². The predicted molar refractivity (Wildman–Crippen MR) is 131 cm³/mol. The molecule has 3 aromatic carbocycles. The van der Waals surface area contributed by atoms with E-state index in [4.69, 9.17) is 9.47 Å². The van der Waals surface area contributed by atoms with Gasteiger partial charge in [0.2, 0.25) is 0 Å². The van der Waals surface area contributed by atoms with Gasteiger partial charge in [-0.2, -0.15) is 0 Å². The Labute approximate surface area is 203 Å². The fourth-order valence-corrected chi connectivity index (χ4v) is 3.75. The zero-order valence-electron chi connectivity index (χ0n) is 19.3. The van der Waals surface area contributed by atoms with Gasteiger partial charge < -0.3 is 20.1 Å². The molecule has 0 saturated carbocycles. The maximum atomic E-state index is 12.5. The van der Waals surface area contributed by atoms with Crippen LogP contribution in [0.4, 0.5) is 11.4 Å². The van der Waals surface area contributed by atoms with Crippen LogP contribution in [-0.2, 0) is 19.4 Å². The van der Waals surface area contributed by atoms with Crippen LogP contribution in [0.15, 0.2) is 71.6 Å². The van der Waals surface area contributed by atoms with Crippen molar-refractivity contribution in [2.24, 2.45) is 0 Å². The number of benzene rings is 3. The number of anilines is 2. The van der Waals surface area contributed by atoms with Gasteiger partial charge in [0, 0.05) is 17.5 Å². The largest absolute Gasteiger partial charge is 0.495 e. The maximum Gasteiger partial charge on any atom is 0.338 e. The summed E-state index contributed by atoms with van der Waals surface area (Å²) in [5, 5.41) is 5.33. The zero-order chi connectivity index (χ0) is 25.6. The Kier molecular flexibility index (Phi) is 7.87. The molecule has 0 fully saturated rings. The van der Waals surface area contributed by atoms with E-state index in [9.17, 15) is 22.8 Å². The molecule has 10 heteroatoms. The second-order valence-electron chi connectivity index (χ2n) is 7.60. The van der Waals surface area contributed by atoms with Crippen LogP contribution >= 0.6 is 0 Å². The first-order valence-corrected chi connectivity index (χ1v) is 12.3. The standard InChI is InChI=1S/C25H24N2O7S/c1-16-8-13-19(35(3,31)32)14-20(16)25(30)34-15-23(28)26-18-11-9-17(10-12-18)24(29)27-21-6-4-5-7-22(21)33-2/h4-14H,15H2,1-3H3,(H,26,28)(H,27,29). The Balaban J connectivity index is 1.57. The summed E-state index contributed by atoms with van der Waals surface area (Å²) in [6, 6.07) is 17.3. The smallest absolute Gasteiger partial charge is 0.338 e. The lowest BCUT2D eigenvalue weighted by Crippen LogP contribution is -2.21. The molecule has 0 spiro atoms. The predicted octanol–water partition coefficient (Wildman–Crippen LogP) is 3.45. The Bertz CT molecular complexity index is 1370. The number of carbonyl (C=O) groups is 3. The number of amides is 2. The fourth-order valence-electron chi connectivity index (χ4n) is 3.10. The maximum absolute atomic E-state index is 12.5. The van der Waals surface area contributed by atoms with Crippen molar-refractivity contribution in [3.63, 3.8) is 0 Å². The van der Waals surface area contributed by atoms with E-state index >= 15 is 0 Å². The summed E-state index contributed by atoms with van der Waals surface area (Å²) in [5.41, 5.74) is 1.86. The van der Waals surface area contributed by atoms with Crippen molar-refractivity contribution in [1.29, 1.82) is 0 Å². The molecule has 0 aliphatic carbocycles. The molecule has 0 atom stereocenters. The van der Waals surface area contributed by atoms with Crippen LogP contribution in [0.1, 0.15) is 26.3 Å². The molecule has 3 aromatic rings. The molecule has 0 unspecified atom stereocenters. The van der Waals surface area contributed by atoms with Crippen LogP contribution < -0.4 is 15.4 Å². The van der Waals surface area contributed by atoms with E-state index in [0.717, 1.165) is 6.26 Å². The van der Waals surface area contributed by atoms with E-state index < -0.39 is 28.3 Å². The summed E-state index contributed by atoms with van der Waals surface area (Å²) < 4.78 is 33.7. The summed E-state index contributed by atoms with van der Waals surface area (Å²) in [4.78, 5) is 37.1. The number of carbonyl (C=O) groups excluding carboxylic acids is 3. The average molecular weight is 497 g/mol. The summed E-state index contributed by atoms with van der Waals surface area (Å²) in [6.07, 6.45) is 1.04. The van der Waals surface area contributed by atoms with Crippen molar-refractivity contribution in [3.05, 3.63) is 83.4 Å². The minimum atomic E-state index is -3.50. The molecule has 0 aliphatic rings. The van der Waals surface area contributed by atoms with Crippen LogP contribution in [0.2, 0.25) is 0 Å². The molecule has 0 bridgehead atoms. The van der Waals surface area contributed by atoms with Crippen LogP contribution in [-0.4, -0.2) is 46.2 Å². The van der Waals surface area contributed by atoms with Gasteiger partial charge in [0.05, 0.1) is 23.3 Å². The highest BCUT2D eigenvalue weighted by Crippen LogP contribution is 2.24. The second-order valence-corrected chi connectivity index (χ2v) is 9.62. The molecule has 2 N–H and O–H groups in total. The minimum Gasteiger partial charge on any atom is -0.495 e. The van der Waals surface area contributed by atoms with E-state index in [-0.39, 0.29) is 16.4 Å². The molecule has 182 valence electrons. The Hall–Kier alpha value is -4.18. The molecule has 2 amide bonds. The number of rotatable bonds is 8. The van der Waals surface area contributed by atoms with E-state index in [2.05, 4.69) is 10.6 Å². The van der Waals surface area contributed by atoms with Gasteiger partial charge in [0.1, 0.15) is 5.75 Å². The average Bonchev–Trinajstić information content (AvgIpc) is 2.83. The Morgan fingerprint density at radius 1 is 0.914 bits per heavy atom. The summed E-state index contributed by atoms with van der Waals surface area (Å²) in [6.45, 7) is 1.06. The molecule has 0 heterocycles. The highest BCUT2D eigenvalue weighted by molar-refractivity contribution is 7.90. The van der Waals surface area contributed by atoms with Gasteiger partial charge in [-0.15, -0.1) is 0 Å². The van der Waals surface area contributed by atoms with Crippen LogP contribution in [0, 0.1) is 6.92 Å². The molecule has 0 aromatic heterocycles. The first kappa shape index (κ1) is 25.4. The van der Waals surface area contributed by atoms with E-state index in [1.54, 1.807) is 31.2 Å². The number of para-hydroxylation sites is 2. The van der Waals surface area contributed by atoms with Crippen molar-refractivity contribution in [1.82, 2.24) is 0 Å². The SMILES string of the molecule is COc1ccccc1NC(=O)c1ccc(NC(=O)COC(=O)c2cc(S(C)(=O)=O)ccc2C)cc1. The van der Waals surface area contributed by atoms with E-state index in [1.807, 2.05) is 0 Å². The minimum absolute atomic E-state index is 0.0191. The second kappa shape index (κ2) is 10.8. The van der Waals surface area contributed by atoms with Gasteiger partial charge in [0.25, 0.3) is 11.8 Å². The van der Waals surface area contributed by atoms with E-state index in [0.29, 0.717) is 28.3 Å². The number of hydrogen-bond acceptors (Lipinski definition) is 7. The van der Waals surface area contributed by atoms with E-state index in [1.165, 1.54) is 49.6 Å². The molecular weight excluding hydrogens is 472 g/mol. The quantitative estimate of drug-likeness (QED) is 0.457. The van der Waals surface area contributed by atoms with Gasteiger partial charge >= 0.3 is 5.97 Å². The monoisotopic (exact) mass is 496 g/mol. The third kappa shape index (κ3) is 6.67. The Morgan fingerprint density at radius 2 is 1.60 bits per heavy atom. The zero-order valence-corrected chi connectivity index (χ0v) is 20.1. The van der Waals surface area contributed by atoms with Crippen molar-refractivity contribution < 1.29 is 32.3 Å². The van der Waals surface area contributed by atoms with Crippen molar-refractivity contribution in [2.45, 2.75) is 11.8 Å². The van der Waals surface area contributed by atoms with Crippen molar-refractivity contribution >= 4 is 39.0 Å². The summed E-state index contributed by atoms with van der Waals surface area (Å²) in [7, 11) is -1.99. The van der Waals surface area contributed by atoms with Crippen LogP contribution in [0.25, 0.3) is 0 Å². The third-order valence-corrected chi connectivity index (χ3v) is 6.09. The number of aryl methyl sites for hydroxylation is 1. The summed E-state index contributed by atoms with van der Waals surface area (Å²) in [5.74, 6) is -1.24. The lowest BCUT2D eigenvalue weighted by atomic mass is 10.1. The molecule has 0 radical (unpaired) electrons. The number of ether oxygens (including phenoxy) is 2. The lowest BCUT2D eigenvalue weighted by molar-refractivity contribution is -0.119. The van der Waals surface area contributed by atoms with Crippen LogP contribution in [0.5, 0.6) is 5.75 Å². The molecule has 9 nitrogen and oxygen atoms in total. The number of methoxy groups -OCH3 is 1. The normalized spacial score (nSPS) is 10.8. The highest BCUT2D eigenvalue weighted by Gasteiger charge is 2.17. The number of esters is 1. The molecule has 3 rings (SSSR count). The molecule has 35 heavy (non-hydrogen) atoms. The van der Waals surface area contributed by atoms with Gasteiger partial charge in [-0.1, -0.05) is 18.2 Å². The first-order valence-electron chi connectivity index (χ1n) is 10.4. The van der Waals surface area contributed by atoms with Gasteiger partial charge in [0.15, 0.2) is 16.4 Å². The lowest BCUT2D eigenvalue weighted by Gasteiger charge is -2.11. The van der Waals surface area contributed by atoms with Crippen molar-refractivity contribution in [3.8, 4) is 5.75 Å². The molecule has 0 saturated heterocycles. The fraction of sp³-hybridized carbons (Fsp3) is 0.160. The molecule has 0 aliphatic heterocycles. The number of sulfone groups is 1. The highest BCUT2D eigenvalue weighted by atomic mass is 32.2. The van der Waals surface area contributed by atoms with Gasteiger partial charge in [-0.25, -0.2) is 13.2 Å². The Morgan fingerprint density at radius 3 is 2.26 bits per heavy atom.